The monoisotopic (exact) mass is 294 g/mol. The number of fused-ring (bicyclic) bond motifs is 1. The largest absolute Gasteiger partial charge is 0.367 e. The fraction of sp³-hybridized carbons (Fsp3) is 0.643. The Kier molecular flexibility index (Phi) is 3.37. The van der Waals surface area contributed by atoms with Crippen LogP contribution in [0.3, 0.4) is 0 Å². The van der Waals surface area contributed by atoms with E-state index in [-0.39, 0.29) is 0 Å². The molecule has 1 aromatic rings. The van der Waals surface area contributed by atoms with Gasteiger partial charge in [0.2, 0.25) is 0 Å². The molecule has 92 valence electrons. The molecular weight excluding hydrogens is 276 g/mol. The first-order valence-corrected chi connectivity index (χ1v) is 7.52. The van der Waals surface area contributed by atoms with Crippen molar-refractivity contribution in [3.05, 3.63) is 22.9 Å². The summed E-state index contributed by atoms with van der Waals surface area (Å²) in [7, 11) is 0. The molecule has 0 aromatic carbocycles. The van der Waals surface area contributed by atoms with Gasteiger partial charge >= 0.3 is 0 Å². The zero-order valence-electron chi connectivity index (χ0n) is 10.1. The average molecular weight is 295 g/mol. The van der Waals surface area contributed by atoms with Crippen LogP contribution in [0.15, 0.2) is 22.9 Å². The van der Waals surface area contributed by atoms with Gasteiger partial charge in [-0.15, -0.1) is 0 Å². The van der Waals surface area contributed by atoms with E-state index in [1.165, 1.54) is 50.8 Å². The van der Waals surface area contributed by atoms with Gasteiger partial charge in [0.1, 0.15) is 0 Å². The second-order valence-corrected chi connectivity index (χ2v) is 6.13. The zero-order chi connectivity index (χ0) is 11.7. The van der Waals surface area contributed by atoms with Gasteiger partial charge in [-0.2, -0.15) is 0 Å². The van der Waals surface area contributed by atoms with Crippen molar-refractivity contribution in [2.75, 3.05) is 11.4 Å². The lowest BCUT2D eigenvalue weighted by molar-refractivity contribution is 0.243. The van der Waals surface area contributed by atoms with E-state index in [4.69, 9.17) is 0 Å². The second kappa shape index (κ2) is 4.97. The third-order valence-corrected chi connectivity index (χ3v) is 4.91. The van der Waals surface area contributed by atoms with Crippen molar-refractivity contribution in [3.8, 4) is 0 Å². The van der Waals surface area contributed by atoms with Gasteiger partial charge in [-0.05, 0) is 53.6 Å². The molecule has 0 bridgehead atoms. The molecule has 0 radical (unpaired) electrons. The number of anilines is 1. The Labute approximate surface area is 112 Å². The number of hydrogen-bond acceptors (Lipinski definition) is 2. The van der Waals surface area contributed by atoms with Crippen molar-refractivity contribution >= 4 is 21.6 Å². The number of halogens is 1. The van der Waals surface area contributed by atoms with Gasteiger partial charge < -0.3 is 4.90 Å². The van der Waals surface area contributed by atoms with Crippen LogP contribution >= 0.6 is 15.9 Å². The molecule has 3 rings (SSSR count). The molecule has 2 atom stereocenters. The molecule has 0 N–H and O–H groups in total. The lowest BCUT2D eigenvalue weighted by atomic mass is 9.78. The molecule has 1 saturated heterocycles. The molecule has 17 heavy (non-hydrogen) atoms. The molecule has 1 saturated carbocycles. The first-order chi connectivity index (χ1) is 8.36. The quantitative estimate of drug-likeness (QED) is 0.778. The van der Waals surface area contributed by atoms with Gasteiger partial charge in [-0.25, -0.2) is 0 Å². The van der Waals surface area contributed by atoms with Crippen molar-refractivity contribution in [3.63, 3.8) is 0 Å². The van der Waals surface area contributed by atoms with Crippen LogP contribution in [-0.2, 0) is 0 Å². The molecule has 0 spiro atoms. The molecule has 2 fully saturated rings. The molecule has 2 aliphatic rings. The van der Waals surface area contributed by atoms with Crippen LogP contribution in [-0.4, -0.2) is 17.6 Å². The first kappa shape index (κ1) is 11.5. The number of nitrogens with zero attached hydrogens (tertiary/aromatic N) is 2. The Morgan fingerprint density at radius 2 is 2.00 bits per heavy atom. The van der Waals surface area contributed by atoms with Crippen molar-refractivity contribution in [2.24, 2.45) is 5.92 Å². The van der Waals surface area contributed by atoms with Crippen LogP contribution in [0.25, 0.3) is 0 Å². The molecule has 2 nitrogen and oxygen atoms in total. The van der Waals surface area contributed by atoms with Gasteiger partial charge in [0.25, 0.3) is 0 Å². The van der Waals surface area contributed by atoms with Gasteiger partial charge in [0, 0.05) is 25.0 Å². The maximum Gasteiger partial charge on any atom is 0.0592 e. The summed E-state index contributed by atoms with van der Waals surface area (Å²) in [5.74, 6) is 0.928. The van der Waals surface area contributed by atoms with E-state index in [1.807, 2.05) is 12.4 Å². The number of rotatable bonds is 1. The molecule has 1 aliphatic carbocycles. The molecule has 0 unspecified atom stereocenters. The highest BCUT2D eigenvalue weighted by atomic mass is 79.9. The highest BCUT2D eigenvalue weighted by Crippen LogP contribution is 2.39. The smallest absolute Gasteiger partial charge is 0.0592 e. The SMILES string of the molecule is Brc1cnccc1N1CCC[C@H]2CCCC[C@H]21. The van der Waals surface area contributed by atoms with Crippen molar-refractivity contribution < 1.29 is 0 Å². The van der Waals surface area contributed by atoms with Crippen LogP contribution in [0.4, 0.5) is 5.69 Å². The maximum absolute atomic E-state index is 4.17. The molecule has 1 aliphatic heterocycles. The van der Waals surface area contributed by atoms with E-state index in [1.54, 1.807) is 0 Å². The summed E-state index contributed by atoms with van der Waals surface area (Å²) in [6.07, 6.45) is 12.3. The van der Waals surface area contributed by atoms with Crippen LogP contribution in [0, 0.1) is 5.92 Å². The Bertz CT molecular complexity index is 392. The van der Waals surface area contributed by atoms with Gasteiger partial charge in [-0.1, -0.05) is 12.8 Å². The fourth-order valence-electron chi connectivity index (χ4n) is 3.52. The normalized spacial score (nSPS) is 28.9. The molecule has 1 aromatic heterocycles. The number of pyridine rings is 1. The van der Waals surface area contributed by atoms with E-state index in [0.29, 0.717) is 0 Å². The molecular formula is C14H19BrN2. The second-order valence-electron chi connectivity index (χ2n) is 5.27. The van der Waals surface area contributed by atoms with Crippen LogP contribution in [0.2, 0.25) is 0 Å². The van der Waals surface area contributed by atoms with E-state index in [0.717, 1.165) is 16.4 Å². The third kappa shape index (κ3) is 2.22. The summed E-state index contributed by atoms with van der Waals surface area (Å²) >= 11 is 3.64. The number of aromatic nitrogens is 1. The highest BCUT2D eigenvalue weighted by Gasteiger charge is 2.33. The van der Waals surface area contributed by atoms with Crippen LogP contribution in [0.1, 0.15) is 38.5 Å². The predicted molar refractivity (Wildman–Crippen MR) is 74.3 cm³/mol. The minimum Gasteiger partial charge on any atom is -0.367 e. The fourth-order valence-corrected chi connectivity index (χ4v) is 4.00. The summed E-state index contributed by atoms with van der Waals surface area (Å²) in [5, 5.41) is 0. The van der Waals surface area contributed by atoms with Gasteiger partial charge in [-0.3, -0.25) is 4.98 Å². The summed E-state index contributed by atoms with van der Waals surface area (Å²) < 4.78 is 1.14. The summed E-state index contributed by atoms with van der Waals surface area (Å²) in [4.78, 5) is 6.79. The van der Waals surface area contributed by atoms with Crippen molar-refractivity contribution in [2.45, 2.75) is 44.6 Å². The molecule has 0 amide bonds. The Hall–Kier alpha value is -0.570. The zero-order valence-corrected chi connectivity index (χ0v) is 11.7. The highest BCUT2D eigenvalue weighted by molar-refractivity contribution is 9.10. The third-order valence-electron chi connectivity index (χ3n) is 4.30. The van der Waals surface area contributed by atoms with Gasteiger partial charge in [0.05, 0.1) is 10.2 Å². The average Bonchev–Trinajstić information content (AvgIpc) is 2.39. The molecule has 2 heterocycles. The Morgan fingerprint density at radius 3 is 2.88 bits per heavy atom. The van der Waals surface area contributed by atoms with Gasteiger partial charge in [0.15, 0.2) is 0 Å². The number of piperidine rings is 1. The summed E-state index contributed by atoms with van der Waals surface area (Å²) in [5.41, 5.74) is 1.34. The predicted octanol–water partition coefficient (Wildman–Crippen LogP) is 4.00. The topological polar surface area (TPSA) is 16.1 Å². The number of hydrogen-bond donors (Lipinski definition) is 0. The van der Waals surface area contributed by atoms with Crippen LogP contribution in [0.5, 0.6) is 0 Å². The van der Waals surface area contributed by atoms with Crippen molar-refractivity contribution in [1.29, 1.82) is 0 Å². The minimum atomic E-state index is 0.774. The van der Waals surface area contributed by atoms with Crippen molar-refractivity contribution in [1.82, 2.24) is 4.98 Å². The first-order valence-electron chi connectivity index (χ1n) is 6.72. The summed E-state index contributed by atoms with van der Waals surface area (Å²) in [6, 6.07) is 2.93. The van der Waals surface area contributed by atoms with E-state index < -0.39 is 0 Å². The Morgan fingerprint density at radius 1 is 1.18 bits per heavy atom. The van der Waals surface area contributed by atoms with E-state index in [9.17, 15) is 0 Å². The summed E-state index contributed by atoms with van der Waals surface area (Å²) in [6.45, 7) is 1.21. The minimum absolute atomic E-state index is 0.774. The Balaban J connectivity index is 1.88. The lowest BCUT2D eigenvalue weighted by Crippen LogP contribution is -2.47. The maximum atomic E-state index is 4.17. The molecule has 3 heteroatoms. The van der Waals surface area contributed by atoms with E-state index >= 15 is 0 Å². The van der Waals surface area contributed by atoms with E-state index in [2.05, 4.69) is 31.9 Å². The lowest BCUT2D eigenvalue weighted by Gasteiger charge is -2.45. The standard InChI is InChI=1S/C14H19BrN2/c15-12-10-16-8-7-14(12)17-9-3-5-11-4-1-2-6-13(11)17/h7-8,10-11,13H,1-6,9H2/t11-,13-/m1/s1. The van der Waals surface area contributed by atoms with Crippen LogP contribution < -0.4 is 4.90 Å².